The Labute approximate surface area is 217 Å². The monoisotopic (exact) mass is 482 g/mol. The molecule has 2 aliphatic heterocycles. The standard InChI is InChI=1S/C32H42N4/c1-8-11-14-23-18-17-21(4)26(19-23)29-33-20-28-30(34-29)35(7)31-32(6,10-3)22(5)24(9-2)25-15-12-13-16-27(25)36(28)31/h12-13,15-20,22,24,31H,8-11,14H2,1-7H3. The third-order valence-corrected chi connectivity index (χ3v) is 9.35. The van der Waals surface area contributed by atoms with Crippen LogP contribution in [0.4, 0.5) is 17.2 Å². The molecular formula is C32H42N4. The van der Waals surface area contributed by atoms with Gasteiger partial charge in [0.2, 0.25) is 0 Å². The van der Waals surface area contributed by atoms with E-state index in [1.165, 1.54) is 35.2 Å². The number of rotatable bonds is 6. The van der Waals surface area contributed by atoms with E-state index in [0.717, 1.165) is 42.2 Å². The minimum Gasteiger partial charge on any atom is -0.337 e. The summed E-state index contributed by atoms with van der Waals surface area (Å²) in [5, 5.41) is 0. The number of fused-ring (bicyclic) bond motifs is 5. The van der Waals surface area contributed by atoms with Gasteiger partial charge in [-0.05, 0) is 73.3 Å². The quantitative estimate of drug-likeness (QED) is 0.354. The summed E-state index contributed by atoms with van der Waals surface area (Å²) in [6.45, 7) is 14.1. The summed E-state index contributed by atoms with van der Waals surface area (Å²) in [6, 6.07) is 15.8. The van der Waals surface area contributed by atoms with Crippen molar-refractivity contribution in [2.45, 2.75) is 85.7 Å². The van der Waals surface area contributed by atoms with Gasteiger partial charge in [0.1, 0.15) is 11.9 Å². The molecule has 0 bridgehead atoms. The van der Waals surface area contributed by atoms with Crippen LogP contribution < -0.4 is 9.80 Å². The predicted octanol–water partition coefficient (Wildman–Crippen LogP) is 8.27. The third kappa shape index (κ3) is 3.72. The molecule has 2 aliphatic rings. The van der Waals surface area contributed by atoms with Gasteiger partial charge in [-0.2, -0.15) is 0 Å². The van der Waals surface area contributed by atoms with Crippen LogP contribution in [-0.4, -0.2) is 23.2 Å². The van der Waals surface area contributed by atoms with E-state index in [0.29, 0.717) is 11.8 Å². The molecule has 4 unspecified atom stereocenters. The highest BCUT2D eigenvalue weighted by Crippen LogP contribution is 2.58. The molecule has 5 rings (SSSR count). The summed E-state index contributed by atoms with van der Waals surface area (Å²) >= 11 is 0. The van der Waals surface area contributed by atoms with Gasteiger partial charge < -0.3 is 9.80 Å². The molecule has 36 heavy (non-hydrogen) atoms. The van der Waals surface area contributed by atoms with Crippen molar-refractivity contribution < 1.29 is 0 Å². The minimum atomic E-state index is 0.0886. The maximum atomic E-state index is 5.25. The first-order chi connectivity index (χ1) is 17.3. The molecule has 4 atom stereocenters. The number of unbranched alkanes of at least 4 members (excludes halogenated alkanes) is 1. The average molecular weight is 483 g/mol. The number of benzene rings is 2. The zero-order chi connectivity index (χ0) is 25.6. The molecule has 1 aromatic heterocycles. The van der Waals surface area contributed by atoms with Gasteiger partial charge in [0.05, 0.1) is 6.20 Å². The van der Waals surface area contributed by atoms with E-state index < -0.39 is 0 Å². The van der Waals surface area contributed by atoms with Crippen molar-refractivity contribution >= 4 is 17.2 Å². The highest BCUT2D eigenvalue weighted by molar-refractivity contribution is 5.84. The van der Waals surface area contributed by atoms with E-state index in [4.69, 9.17) is 9.97 Å². The van der Waals surface area contributed by atoms with Crippen LogP contribution in [-0.2, 0) is 6.42 Å². The van der Waals surface area contributed by atoms with Gasteiger partial charge in [0.15, 0.2) is 11.6 Å². The molecule has 190 valence electrons. The largest absolute Gasteiger partial charge is 0.337 e. The lowest BCUT2D eigenvalue weighted by molar-refractivity contribution is 0.129. The van der Waals surface area contributed by atoms with Crippen LogP contribution in [0.25, 0.3) is 11.4 Å². The second-order valence-corrected chi connectivity index (χ2v) is 11.2. The number of anilines is 3. The average Bonchev–Trinajstić information content (AvgIpc) is 3.16. The predicted molar refractivity (Wildman–Crippen MR) is 152 cm³/mol. The summed E-state index contributed by atoms with van der Waals surface area (Å²) in [5.41, 5.74) is 7.74. The molecule has 3 heterocycles. The first-order valence-corrected chi connectivity index (χ1v) is 13.9. The van der Waals surface area contributed by atoms with Crippen LogP contribution in [0.1, 0.15) is 82.9 Å². The van der Waals surface area contributed by atoms with Gasteiger partial charge >= 0.3 is 0 Å². The Balaban J connectivity index is 1.67. The number of para-hydroxylation sites is 1. The van der Waals surface area contributed by atoms with Crippen molar-refractivity contribution in [1.82, 2.24) is 9.97 Å². The molecule has 2 aromatic carbocycles. The van der Waals surface area contributed by atoms with E-state index in [1.807, 2.05) is 0 Å². The smallest absolute Gasteiger partial charge is 0.161 e. The number of aromatic nitrogens is 2. The third-order valence-electron chi connectivity index (χ3n) is 9.35. The second kappa shape index (κ2) is 9.53. The zero-order valence-corrected chi connectivity index (χ0v) is 23.2. The van der Waals surface area contributed by atoms with Crippen LogP contribution >= 0.6 is 0 Å². The fourth-order valence-corrected chi connectivity index (χ4v) is 6.85. The highest BCUT2D eigenvalue weighted by atomic mass is 15.5. The fraction of sp³-hybridized carbons (Fsp3) is 0.500. The summed E-state index contributed by atoms with van der Waals surface area (Å²) in [5.74, 6) is 2.94. The van der Waals surface area contributed by atoms with Crippen molar-refractivity contribution in [2.24, 2.45) is 11.3 Å². The molecular weight excluding hydrogens is 440 g/mol. The van der Waals surface area contributed by atoms with Crippen LogP contribution in [0.5, 0.6) is 0 Å². The lowest BCUT2D eigenvalue weighted by Gasteiger charge is -2.46. The Hall–Kier alpha value is -2.88. The Bertz CT molecular complexity index is 1250. The van der Waals surface area contributed by atoms with Gasteiger partial charge in [0, 0.05) is 23.7 Å². The second-order valence-electron chi connectivity index (χ2n) is 11.2. The number of aryl methyl sites for hydroxylation is 2. The molecule has 3 aromatic rings. The van der Waals surface area contributed by atoms with Gasteiger partial charge in [-0.3, -0.25) is 0 Å². The number of hydrogen-bond donors (Lipinski definition) is 0. The Kier molecular flexibility index (Phi) is 6.57. The SMILES string of the molecule is CCCCc1ccc(C)c(-c2ncc3c(n2)N(C)C2N3c3ccccc3C(CC)C(C)C2(C)CC)c1. The number of nitrogens with zero attached hydrogens (tertiary/aromatic N) is 4. The molecule has 0 spiro atoms. The first-order valence-electron chi connectivity index (χ1n) is 13.9. The van der Waals surface area contributed by atoms with Crippen LogP contribution in [0.15, 0.2) is 48.7 Å². The highest BCUT2D eigenvalue weighted by Gasteiger charge is 2.53. The van der Waals surface area contributed by atoms with Crippen LogP contribution in [0, 0.1) is 18.3 Å². The molecule has 0 saturated carbocycles. The summed E-state index contributed by atoms with van der Waals surface area (Å²) in [6.07, 6.45) is 8.05. The minimum absolute atomic E-state index is 0.0886. The van der Waals surface area contributed by atoms with Gasteiger partial charge in [0.25, 0.3) is 0 Å². The van der Waals surface area contributed by atoms with E-state index in [1.54, 1.807) is 0 Å². The topological polar surface area (TPSA) is 32.3 Å². The maximum Gasteiger partial charge on any atom is 0.161 e. The van der Waals surface area contributed by atoms with E-state index in [2.05, 4.69) is 107 Å². The summed E-state index contributed by atoms with van der Waals surface area (Å²) in [7, 11) is 2.24. The lowest BCUT2D eigenvalue weighted by atomic mass is 9.66. The summed E-state index contributed by atoms with van der Waals surface area (Å²) in [4.78, 5) is 15.2. The zero-order valence-electron chi connectivity index (χ0n) is 23.2. The first kappa shape index (κ1) is 24.8. The van der Waals surface area contributed by atoms with Gasteiger partial charge in [-0.25, -0.2) is 9.97 Å². The fourth-order valence-electron chi connectivity index (χ4n) is 6.85. The van der Waals surface area contributed by atoms with E-state index in [9.17, 15) is 0 Å². The molecule has 0 fully saturated rings. The van der Waals surface area contributed by atoms with Crippen LogP contribution in [0.3, 0.4) is 0 Å². The molecule has 0 saturated heterocycles. The van der Waals surface area contributed by atoms with Crippen molar-refractivity contribution in [1.29, 1.82) is 0 Å². The maximum absolute atomic E-state index is 5.25. The van der Waals surface area contributed by atoms with Gasteiger partial charge in [-0.15, -0.1) is 0 Å². The summed E-state index contributed by atoms with van der Waals surface area (Å²) < 4.78 is 0. The molecule has 0 radical (unpaired) electrons. The van der Waals surface area contributed by atoms with Gasteiger partial charge in [-0.1, -0.05) is 71.4 Å². The van der Waals surface area contributed by atoms with E-state index in [-0.39, 0.29) is 11.6 Å². The van der Waals surface area contributed by atoms with E-state index >= 15 is 0 Å². The normalized spacial score (nSPS) is 24.8. The Morgan fingerprint density at radius 1 is 1.03 bits per heavy atom. The lowest BCUT2D eigenvalue weighted by Crippen LogP contribution is -2.53. The number of hydrogen-bond acceptors (Lipinski definition) is 4. The van der Waals surface area contributed by atoms with Crippen molar-refractivity contribution in [3.8, 4) is 11.4 Å². The Morgan fingerprint density at radius 3 is 2.53 bits per heavy atom. The molecule has 4 nitrogen and oxygen atoms in total. The van der Waals surface area contributed by atoms with Crippen molar-refractivity contribution in [3.63, 3.8) is 0 Å². The molecule has 0 amide bonds. The van der Waals surface area contributed by atoms with Crippen LogP contribution in [0.2, 0.25) is 0 Å². The van der Waals surface area contributed by atoms with Crippen molar-refractivity contribution in [3.05, 3.63) is 65.4 Å². The van der Waals surface area contributed by atoms with Crippen molar-refractivity contribution in [2.75, 3.05) is 16.8 Å². The molecule has 0 N–H and O–H groups in total. The molecule has 0 aliphatic carbocycles. The molecule has 4 heteroatoms. The Morgan fingerprint density at radius 2 is 1.81 bits per heavy atom.